The number of aryl methyl sites for hydroxylation is 3. The van der Waals surface area contributed by atoms with Crippen LogP contribution in [0.4, 0.5) is 5.69 Å². The fourth-order valence-corrected chi connectivity index (χ4v) is 5.22. The van der Waals surface area contributed by atoms with Crippen LogP contribution < -0.4 is 10.9 Å². The van der Waals surface area contributed by atoms with E-state index in [1.54, 1.807) is 16.3 Å². The number of aromatic nitrogens is 2. The Kier molecular flexibility index (Phi) is 5.78. The number of carbonyl (C=O) groups excluding carboxylic acids is 1. The molecule has 0 fully saturated rings. The third-order valence-electron chi connectivity index (χ3n) is 4.52. The maximum atomic E-state index is 13.1. The lowest BCUT2D eigenvalue weighted by Crippen LogP contribution is -2.24. The quantitative estimate of drug-likeness (QED) is 0.492. The molecule has 0 aliphatic carbocycles. The third kappa shape index (κ3) is 4.41. The van der Waals surface area contributed by atoms with Crippen molar-refractivity contribution in [1.29, 1.82) is 0 Å². The Labute approximate surface area is 177 Å². The second kappa shape index (κ2) is 8.47. The normalized spacial score (nSPS) is 12.6. The molecule has 0 saturated carbocycles. The minimum atomic E-state index is -0.122. The molecule has 7 heteroatoms. The molecule has 1 amide bonds. The maximum absolute atomic E-state index is 13.1. The average Bonchev–Trinajstić information content (AvgIpc) is 3.15. The minimum absolute atomic E-state index is 0.0547. The molecule has 0 spiro atoms. The second-order valence-electron chi connectivity index (χ2n) is 6.96. The van der Waals surface area contributed by atoms with E-state index in [0.717, 1.165) is 45.3 Å². The van der Waals surface area contributed by atoms with Gasteiger partial charge in [-0.3, -0.25) is 14.2 Å². The van der Waals surface area contributed by atoms with Crippen LogP contribution in [0.1, 0.15) is 16.8 Å². The minimum Gasteiger partial charge on any atom is -0.325 e. The molecule has 148 valence electrons. The maximum Gasteiger partial charge on any atom is 0.272 e. The van der Waals surface area contributed by atoms with E-state index in [1.165, 1.54) is 11.8 Å². The van der Waals surface area contributed by atoms with Crippen LogP contribution in [-0.2, 0) is 11.2 Å². The first kappa shape index (κ1) is 19.8. The molecular formula is C22H21N3O2S2. The zero-order valence-electron chi connectivity index (χ0n) is 16.3. The van der Waals surface area contributed by atoms with Gasteiger partial charge in [-0.25, -0.2) is 4.98 Å². The number of anilines is 1. The van der Waals surface area contributed by atoms with Gasteiger partial charge in [0.15, 0.2) is 5.16 Å². The van der Waals surface area contributed by atoms with E-state index < -0.39 is 0 Å². The Hall–Kier alpha value is -2.51. The van der Waals surface area contributed by atoms with E-state index in [1.807, 2.05) is 56.3 Å². The van der Waals surface area contributed by atoms with Gasteiger partial charge in [-0.05, 0) is 49.2 Å². The zero-order chi connectivity index (χ0) is 20.4. The third-order valence-corrected chi connectivity index (χ3v) is 6.56. The first-order valence-corrected chi connectivity index (χ1v) is 11.3. The SMILES string of the molecule is Cc1cc(C)cc(NC(=O)CSc2nc3c(c(=O)n2-c2ccccc2)SCC3)c1. The lowest BCUT2D eigenvalue weighted by atomic mass is 10.1. The van der Waals surface area contributed by atoms with Gasteiger partial charge in [0.25, 0.3) is 5.56 Å². The number of carbonyl (C=O) groups is 1. The summed E-state index contributed by atoms with van der Waals surface area (Å²) in [5, 5.41) is 3.49. The van der Waals surface area contributed by atoms with Crippen molar-refractivity contribution in [3.05, 3.63) is 75.7 Å². The molecule has 29 heavy (non-hydrogen) atoms. The second-order valence-corrected chi connectivity index (χ2v) is 9.01. The molecule has 3 aromatic rings. The van der Waals surface area contributed by atoms with Crippen LogP contribution in [-0.4, -0.2) is 27.0 Å². The van der Waals surface area contributed by atoms with Gasteiger partial charge >= 0.3 is 0 Å². The summed E-state index contributed by atoms with van der Waals surface area (Å²) < 4.78 is 1.62. The van der Waals surface area contributed by atoms with E-state index in [9.17, 15) is 9.59 Å². The molecule has 2 aromatic carbocycles. The summed E-state index contributed by atoms with van der Waals surface area (Å²) in [5.74, 6) is 0.926. The first-order chi connectivity index (χ1) is 14.0. The first-order valence-electron chi connectivity index (χ1n) is 9.36. The summed E-state index contributed by atoms with van der Waals surface area (Å²) in [6.07, 6.45) is 0.785. The summed E-state index contributed by atoms with van der Waals surface area (Å²) in [4.78, 5) is 31.0. The lowest BCUT2D eigenvalue weighted by molar-refractivity contribution is -0.113. The van der Waals surface area contributed by atoms with Crippen LogP contribution in [0.5, 0.6) is 0 Å². The van der Waals surface area contributed by atoms with Crippen molar-refractivity contribution in [2.24, 2.45) is 0 Å². The Morgan fingerprint density at radius 3 is 2.62 bits per heavy atom. The number of fused-ring (bicyclic) bond motifs is 1. The highest BCUT2D eigenvalue weighted by Crippen LogP contribution is 2.30. The van der Waals surface area contributed by atoms with E-state index in [0.29, 0.717) is 5.16 Å². The number of hydrogen-bond acceptors (Lipinski definition) is 5. The molecule has 0 radical (unpaired) electrons. The highest BCUT2D eigenvalue weighted by atomic mass is 32.2. The van der Waals surface area contributed by atoms with Crippen LogP contribution >= 0.6 is 23.5 Å². The number of thioether (sulfide) groups is 2. The molecule has 2 heterocycles. The van der Waals surface area contributed by atoms with Gasteiger partial charge in [0.1, 0.15) is 0 Å². The number of para-hydroxylation sites is 1. The van der Waals surface area contributed by atoms with Gasteiger partial charge in [-0.15, -0.1) is 11.8 Å². The Bertz CT molecular complexity index is 1110. The highest BCUT2D eigenvalue weighted by molar-refractivity contribution is 8.00. The van der Waals surface area contributed by atoms with Gasteiger partial charge in [-0.2, -0.15) is 0 Å². The highest BCUT2D eigenvalue weighted by Gasteiger charge is 2.23. The summed E-state index contributed by atoms with van der Waals surface area (Å²) in [5.41, 5.74) is 4.53. The number of nitrogens with zero attached hydrogens (tertiary/aromatic N) is 2. The molecule has 5 nitrogen and oxygen atoms in total. The lowest BCUT2D eigenvalue weighted by Gasteiger charge is -2.14. The van der Waals surface area contributed by atoms with Crippen molar-refractivity contribution in [2.75, 3.05) is 16.8 Å². The monoisotopic (exact) mass is 423 g/mol. The fraction of sp³-hybridized carbons (Fsp3) is 0.227. The van der Waals surface area contributed by atoms with Crippen molar-refractivity contribution < 1.29 is 4.79 Å². The van der Waals surface area contributed by atoms with E-state index in [-0.39, 0.29) is 17.2 Å². The fourth-order valence-electron chi connectivity index (χ4n) is 3.37. The van der Waals surface area contributed by atoms with Gasteiger partial charge in [0.05, 0.1) is 22.0 Å². The van der Waals surface area contributed by atoms with Crippen molar-refractivity contribution in [2.45, 2.75) is 30.3 Å². The molecule has 0 bridgehead atoms. The Morgan fingerprint density at radius 1 is 1.17 bits per heavy atom. The summed E-state index contributed by atoms with van der Waals surface area (Å²) in [6.45, 7) is 4.00. The average molecular weight is 424 g/mol. The molecular weight excluding hydrogens is 402 g/mol. The van der Waals surface area contributed by atoms with Crippen molar-refractivity contribution >= 4 is 35.1 Å². The number of amides is 1. The molecule has 0 saturated heterocycles. The summed E-state index contributed by atoms with van der Waals surface area (Å²) in [6, 6.07) is 15.4. The van der Waals surface area contributed by atoms with Gasteiger partial charge in [0.2, 0.25) is 5.91 Å². The molecule has 0 atom stereocenters. The summed E-state index contributed by atoms with van der Waals surface area (Å²) in [7, 11) is 0. The smallest absolute Gasteiger partial charge is 0.272 e. The predicted octanol–water partition coefficient (Wildman–Crippen LogP) is 4.23. The van der Waals surface area contributed by atoms with E-state index in [4.69, 9.17) is 4.98 Å². The number of nitrogens with one attached hydrogen (secondary N) is 1. The van der Waals surface area contributed by atoms with Crippen molar-refractivity contribution in [3.8, 4) is 5.69 Å². The van der Waals surface area contributed by atoms with Crippen LogP contribution in [0.3, 0.4) is 0 Å². The number of benzene rings is 2. The Morgan fingerprint density at radius 2 is 1.90 bits per heavy atom. The van der Waals surface area contributed by atoms with Crippen molar-refractivity contribution in [1.82, 2.24) is 9.55 Å². The van der Waals surface area contributed by atoms with Crippen LogP contribution in [0.15, 0.2) is 63.4 Å². The molecule has 1 N–H and O–H groups in total. The molecule has 1 aliphatic heterocycles. The Balaban J connectivity index is 1.59. The van der Waals surface area contributed by atoms with Gasteiger partial charge in [0, 0.05) is 17.9 Å². The van der Waals surface area contributed by atoms with Crippen LogP contribution in [0, 0.1) is 13.8 Å². The standard InChI is InChI=1S/C22H21N3O2S2/c1-14-10-15(2)12-16(11-14)23-19(26)13-29-22-24-18-8-9-28-20(18)21(27)25(22)17-6-4-3-5-7-17/h3-7,10-12H,8-9,13H2,1-2H3,(H,23,26). The summed E-state index contributed by atoms with van der Waals surface area (Å²) >= 11 is 2.84. The molecule has 1 aliphatic rings. The van der Waals surface area contributed by atoms with Crippen LogP contribution in [0.2, 0.25) is 0 Å². The molecule has 1 aromatic heterocycles. The molecule has 4 rings (SSSR count). The topological polar surface area (TPSA) is 64.0 Å². The predicted molar refractivity (Wildman–Crippen MR) is 120 cm³/mol. The molecule has 0 unspecified atom stereocenters. The van der Waals surface area contributed by atoms with Crippen molar-refractivity contribution in [3.63, 3.8) is 0 Å². The van der Waals surface area contributed by atoms with Gasteiger partial charge in [-0.1, -0.05) is 36.0 Å². The number of rotatable bonds is 5. The largest absolute Gasteiger partial charge is 0.325 e. The van der Waals surface area contributed by atoms with Gasteiger partial charge < -0.3 is 5.32 Å². The van der Waals surface area contributed by atoms with Crippen LogP contribution in [0.25, 0.3) is 5.69 Å². The zero-order valence-corrected chi connectivity index (χ0v) is 17.9. The number of hydrogen-bond donors (Lipinski definition) is 1. The van der Waals surface area contributed by atoms with E-state index >= 15 is 0 Å². The van der Waals surface area contributed by atoms with E-state index in [2.05, 4.69) is 11.4 Å².